The Labute approximate surface area is 139 Å². The molecule has 0 saturated carbocycles. The third-order valence-electron chi connectivity index (χ3n) is 4.05. The van der Waals surface area contributed by atoms with Crippen molar-refractivity contribution < 1.29 is 4.79 Å². The minimum Gasteiger partial charge on any atom is -0.326 e. The predicted molar refractivity (Wildman–Crippen MR) is 95.2 cm³/mol. The van der Waals surface area contributed by atoms with Gasteiger partial charge in [-0.05, 0) is 49.2 Å². The molecular weight excluding hydrogens is 302 g/mol. The maximum absolute atomic E-state index is 12.1. The first-order valence-corrected chi connectivity index (χ1v) is 7.88. The second kappa shape index (κ2) is 6.66. The van der Waals surface area contributed by atoms with Crippen molar-refractivity contribution in [3.8, 4) is 0 Å². The molecule has 0 aliphatic heterocycles. The molecule has 1 heterocycles. The van der Waals surface area contributed by atoms with E-state index in [2.05, 4.69) is 15.3 Å². The smallest absolute Gasteiger partial charge is 0.270 e. The van der Waals surface area contributed by atoms with E-state index >= 15 is 0 Å². The zero-order chi connectivity index (χ0) is 17.1. The van der Waals surface area contributed by atoms with E-state index in [1.165, 1.54) is 5.56 Å². The van der Waals surface area contributed by atoms with E-state index in [1.807, 2.05) is 50.2 Å². The van der Waals surface area contributed by atoms with Crippen LogP contribution in [0.3, 0.4) is 0 Å². The van der Waals surface area contributed by atoms with Crippen LogP contribution in [0.25, 0.3) is 11.0 Å². The third kappa shape index (κ3) is 3.51. The molecule has 3 rings (SSSR count). The van der Waals surface area contributed by atoms with Crippen LogP contribution in [0.4, 0.5) is 5.69 Å². The number of hydrogen-bond acceptors (Lipinski definition) is 3. The molecule has 5 nitrogen and oxygen atoms in total. The van der Waals surface area contributed by atoms with Crippen molar-refractivity contribution >= 4 is 22.6 Å². The lowest BCUT2D eigenvalue weighted by atomic mass is 10.1. The van der Waals surface area contributed by atoms with E-state index in [0.29, 0.717) is 17.6 Å². The number of hydrogen-bond donors (Lipinski definition) is 2. The fourth-order valence-electron chi connectivity index (χ4n) is 2.51. The van der Waals surface area contributed by atoms with Crippen molar-refractivity contribution in [1.29, 1.82) is 0 Å². The first-order valence-electron chi connectivity index (χ1n) is 7.88. The number of para-hydroxylation sites is 2. The molecule has 0 bridgehead atoms. The first-order chi connectivity index (χ1) is 11.5. The standard InChI is InChI=1S/C19H19N3O2/c1-12-7-8-14(11-13(12)2)20-18(23)10-9-17-19(24)22-16-6-4-3-5-15(16)21-17/h3-8,11H,9-10H2,1-2H3,(H,20,23)(H,22,24). The van der Waals surface area contributed by atoms with Gasteiger partial charge in [-0.15, -0.1) is 0 Å². The lowest BCUT2D eigenvalue weighted by molar-refractivity contribution is -0.116. The second-order valence-electron chi connectivity index (χ2n) is 5.88. The van der Waals surface area contributed by atoms with Crippen molar-refractivity contribution in [1.82, 2.24) is 9.97 Å². The van der Waals surface area contributed by atoms with Crippen LogP contribution >= 0.6 is 0 Å². The minimum absolute atomic E-state index is 0.132. The molecule has 122 valence electrons. The molecule has 0 atom stereocenters. The quantitative estimate of drug-likeness (QED) is 0.775. The Morgan fingerprint density at radius 1 is 1.12 bits per heavy atom. The van der Waals surface area contributed by atoms with Gasteiger partial charge in [-0.1, -0.05) is 18.2 Å². The van der Waals surface area contributed by atoms with E-state index in [9.17, 15) is 9.59 Å². The van der Waals surface area contributed by atoms with Crippen molar-refractivity contribution in [2.75, 3.05) is 5.32 Å². The average molecular weight is 321 g/mol. The van der Waals surface area contributed by atoms with E-state index in [4.69, 9.17) is 0 Å². The summed E-state index contributed by atoms with van der Waals surface area (Å²) in [4.78, 5) is 31.3. The molecular formula is C19H19N3O2. The maximum Gasteiger partial charge on any atom is 0.270 e. The van der Waals surface area contributed by atoms with Gasteiger partial charge in [-0.25, -0.2) is 4.98 Å². The molecule has 2 N–H and O–H groups in total. The van der Waals surface area contributed by atoms with Gasteiger partial charge >= 0.3 is 0 Å². The van der Waals surface area contributed by atoms with Crippen LogP contribution in [0, 0.1) is 13.8 Å². The number of H-pyrrole nitrogens is 1. The molecule has 3 aromatic rings. The minimum atomic E-state index is -0.243. The van der Waals surface area contributed by atoms with Crippen LogP contribution in [0.5, 0.6) is 0 Å². The van der Waals surface area contributed by atoms with E-state index in [1.54, 1.807) is 6.07 Å². The Morgan fingerprint density at radius 3 is 2.71 bits per heavy atom. The van der Waals surface area contributed by atoms with E-state index in [0.717, 1.165) is 16.8 Å². The lowest BCUT2D eigenvalue weighted by Crippen LogP contribution is -2.19. The number of amides is 1. The zero-order valence-corrected chi connectivity index (χ0v) is 13.7. The lowest BCUT2D eigenvalue weighted by Gasteiger charge is -2.07. The van der Waals surface area contributed by atoms with Gasteiger partial charge in [-0.3, -0.25) is 9.59 Å². The van der Waals surface area contributed by atoms with Crippen molar-refractivity contribution in [3.63, 3.8) is 0 Å². The van der Waals surface area contributed by atoms with Crippen LogP contribution in [-0.4, -0.2) is 15.9 Å². The molecule has 1 aromatic heterocycles. The summed E-state index contributed by atoms with van der Waals surface area (Å²) in [6.07, 6.45) is 0.512. The fraction of sp³-hybridized carbons (Fsp3) is 0.211. The summed E-state index contributed by atoms with van der Waals surface area (Å²) in [5.74, 6) is -0.132. The van der Waals surface area contributed by atoms with Gasteiger partial charge in [0, 0.05) is 18.5 Å². The van der Waals surface area contributed by atoms with Crippen molar-refractivity contribution in [2.45, 2.75) is 26.7 Å². The molecule has 0 unspecified atom stereocenters. The van der Waals surface area contributed by atoms with Crippen LogP contribution in [-0.2, 0) is 11.2 Å². The number of rotatable bonds is 4. The van der Waals surface area contributed by atoms with Gasteiger partial charge in [0.1, 0.15) is 5.69 Å². The van der Waals surface area contributed by atoms with Crippen LogP contribution in [0.1, 0.15) is 23.2 Å². The Morgan fingerprint density at radius 2 is 1.92 bits per heavy atom. The largest absolute Gasteiger partial charge is 0.326 e. The number of anilines is 1. The number of fused-ring (bicyclic) bond motifs is 1. The number of aromatic amines is 1. The van der Waals surface area contributed by atoms with E-state index in [-0.39, 0.29) is 17.9 Å². The van der Waals surface area contributed by atoms with Gasteiger partial charge in [0.2, 0.25) is 5.91 Å². The fourth-order valence-corrected chi connectivity index (χ4v) is 2.51. The molecule has 0 aliphatic carbocycles. The normalized spacial score (nSPS) is 10.8. The van der Waals surface area contributed by atoms with E-state index < -0.39 is 0 Å². The number of nitrogens with zero attached hydrogens (tertiary/aromatic N) is 1. The molecule has 24 heavy (non-hydrogen) atoms. The average Bonchev–Trinajstić information content (AvgIpc) is 2.56. The summed E-state index contributed by atoms with van der Waals surface area (Å²) in [6.45, 7) is 4.03. The predicted octanol–water partition coefficient (Wildman–Crippen LogP) is 3.11. The summed E-state index contributed by atoms with van der Waals surface area (Å²) in [6, 6.07) is 13.1. The highest BCUT2D eigenvalue weighted by Crippen LogP contribution is 2.14. The monoisotopic (exact) mass is 321 g/mol. The first kappa shape index (κ1) is 15.9. The number of carbonyl (C=O) groups excluding carboxylic acids is 1. The van der Waals surface area contributed by atoms with Gasteiger partial charge in [0.25, 0.3) is 5.56 Å². The molecule has 1 amide bonds. The highest BCUT2D eigenvalue weighted by Gasteiger charge is 2.09. The number of aromatic nitrogens is 2. The summed E-state index contributed by atoms with van der Waals surface area (Å²) < 4.78 is 0. The molecule has 0 spiro atoms. The molecule has 5 heteroatoms. The topological polar surface area (TPSA) is 74.8 Å². The summed E-state index contributed by atoms with van der Waals surface area (Å²) in [5.41, 5.74) is 4.63. The second-order valence-corrected chi connectivity index (χ2v) is 5.88. The molecule has 2 aromatic carbocycles. The zero-order valence-electron chi connectivity index (χ0n) is 13.7. The highest BCUT2D eigenvalue weighted by atomic mass is 16.1. The number of nitrogens with one attached hydrogen (secondary N) is 2. The molecule has 0 fully saturated rings. The van der Waals surface area contributed by atoms with Crippen molar-refractivity contribution in [2.24, 2.45) is 0 Å². The van der Waals surface area contributed by atoms with Crippen LogP contribution in [0.2, 0.25) is 0 Å². The number of benzene rings is 2. The Kier molecular flexibility index (Phi) is 4.42. The summed E-state index contributed by atoms with van der Waals surface area (Å²) in [7, 11) is 0. The number of aryl methyl sites for hydroxylation is 3. The molecule has 0 aliphatic rings. The van der Waals surface area contributed by atoms with Gasteiger partial charge in [0.15, 0.2) is 0 Å². The summed E-state index contributed by atoms with van der Waals surface area (Å²) >= 11 is 0. The van der Waals surface area contributed by atoms with Crippen LogP contribution in [0.15, 0.2) is 47.3 Å². The Bertz CT molecular complexity index is 960. The van der Waals surface area contributed by atoms with Gasteiger partial charge in [0.05, 0.1) is 11.0 Å². The summed E-state index contributed by atoms with van der Waals surface area (Å²) in [5, 5.41) is 2.86. The van der Waals surface area contributed by atoms with Gasteiger partial charge in [-0.2, -0.15) is 0 Å². The van der Waals surface area contributed by atoms with Crippen LogP contribution < -0.4 is 10.9 Å². The van der Waals surface area contributed by atoms with Gasteiger partial charge < -0.3 is 10.3 Å². The number of carbonyl (C=O) groups is 1. The third-order valence-corrected chi connectivity index (χ3v) is 4.05. The van der Waals surface area contributed by atoms with Crippen molar-refractivity contribution in [3.05, 3.63) is 69.6 Å². The molecule has 0 saturated heterocycles. The SMILES string of the molecule is Cc1ccc(NC(=O)CCc2nc3ccccc3[nH]c2=O)cc1C. The Balaban J connectivity index is 1.68. The maximum atomic E-state index is 12.1. The molecule has 0 radical (unpaired) electrons. The highest BCUT2D eigenvalue weighted by molar-refractivity contribution is 5.91. The Hall–Kier alpha value is -2.95.